The van der Waals surface area contributed by atoms with Gasteiger partial charge in [-0.25, -0.2) is 24.6 Å². The third kappa shape index (κ3) is 5.48. The van der Waals surface area contributed by atoms with Gasteiger partial charge in [0.2, 0.25) is 0 Å². The van der Waals surface area contributed by atoms with Gasteiger partial charge in [-0.3, -0.25) is 4.57 Å². The molecule has 190 valence electrons. The van der Waals surface area contributed by atoms with Crippen molar-refractivity contribution in [2.75, 3.05) is 18.3 Å². The van der Waals surface area contributed by atoms with Crippen LogP contribution in [-0.2, 0) is 18.7 Å². The zero-order chi connectivity index (χ0) is 25.3. The van der Waals surface area contributed by atoms with Crippen LogP contribution in [0, 0.1) is 5.82 Å². The second kappa shape index (κ2) is 10.4. The van der Waals surface area contributed by atoms with Crippen molar-refractivity contribution in [3.05, 3.63) is 53.1 Å². The normalized spacial score (nSPS) is 25.0. The third-order valence-electron chi connectivity index (χ3n) is 5.56. The van der Waals surface area contributed by atoms with E-state index in [0.29, 0.717) is 16.6 Å². The second-order valence-electron chi connectivity index (χ2n) is 8.00. The van der Waals surface area contributed by atoms with E-state index < -0.39 is 44.5 Å². The van der Waals surface area contributed by atoms with Gasteiger partial charge in [-0.1, -0.05) is 29.8 Å². The Balaban J connectivity index is 1.56. The molecule has 0 bridgehead atoms. The van der Waals surface area contributed by atoms with Crippen molar-refractivity contribution in [2.24, 2.45) is 5.90 Å². The van der Waals surface area contributed by atoms with Crippen LogP contribution in [0.5, 0.6) is 0 Å². The van der Waals surface area contributed by atoms with E-state index in [9.17, 15) is 24.1 Å². The van der Waals surface area contributed by atoms with Crippen LogP contribution in [0.25, 0.3) is 11.0 Å². The molecule has 6 N–H and O–H groups in total. The highest BCUT2D eigenvalue weighted by atomic mass is 35.5. The van der Waals surface area contributed by atoms with Crippen molar-refractivity contribution in [1.82, 2.24) is 14.8 Å². The number of aliphatic hydroxyl groups is 2. The molecular weight excluding hydrogens is 508 g/mol. The van der Waals surface area contributed by atoms with Crippen molar-refractivity contribution in [1.29, 1.82) is 0 Å². The number of hydrogen-bond acceptors (Lipinski definition) is 10. The van der Waals surface area contributed by atoms with E-state index in [2.05, 4.69) is 20.0 Å². The number of halogens is 2. The van der Waals surface area contributed by atoms with Crippen molar-refractivity contribution in [3.8, 4) is 0 Å². The molecule has 1 aliphatic heterocycles. The Bertz CT molecular complexity index is 1250. The fourth-order valence-corrected chi connectivity index (χ4v) is 4.40. The Hall–Kier alpha value is -2.19. The SMILES string of the molecule is C[C@H](Nc1cc(Cl)nc2c1cnn2C1O[C@H](COCP(=O)(O)ON)[C@@H](O)[C@H]1O)c1ccccc1F. The third-order valence-corrected chi connectivity index (χ3v) is 6.59. The number of nitrogens with two attached hydrogens (primary N) is 1. The largest absolute Gasteiger partial charge is 0.387 e. The van der Waals surface area contributed by atoms with E-state index in [4.69, 9.17) is 27.0 Å². The molecule has 0 spiro atoms. The number of hydrogen-bond donors (Lipinski definition) is 5. The number of nitrogens with one attached hydrogen (secondary N) is 1. The van der Waals surface area contributed by atoms with Gasteiger partial charge in [0.25, 0.3) is 0 Å². The van der Waals surface area contributed by atoms with E-state index in [-0.39, 0.29) is 23.2 Å². The molecule has 1 aromatic carbocycles. The maximum absolute atomic E-state index is 14.2. The van der Waals surface area contributed by atoms with Crippen molar-refractivity contribution < 1.29 is 38.2 Å². The minimum absolute atomic E-state index is 0.107. The highest BCUT2D eigenvalue weighted by molar-refractivity contribution is 7.52. The van der Waals surface area contributed by atoms with Crippen LogP contribution in [0.1, 0.15) is 24.8 Å². The van der Waals surface area contributed by atoms with Gasteiger partial charge >= 0.3 is 7.60 Å². The van der Waals surface area contributed by atoms with Gasteiger partial charge in [0.1, 0.15) is 35.6 Å². The Morgan fingerprint density at radius 1 is 1.37 bits per heavy atom. The molecule has 35 heavy (non-hydrogen) atoms. The van der Waals surface area contributed by atoms with Crippen LogP contribution in [0.4, 0.5) is 10.1 Å². The smallest absolute Gasteiger partial charge is 0.369 e. The number of nitrogens with zero attached hydrogens (tertiary/aromatic N) is 3. The highest BCUT2D eigenvalue weighted by Gasteiger charge is 2.45. The minimum Gasteiger partial charge on any atom is -0.387 e. The summed E-state index contributed by atoms with van der Waals surface area (Å²) >= 11 is 6.23. The monoisotopic (exact) mass is 531 g/mol. The fraction of sp³-hybridized carbons (Fsp3) is 0.400. The lowest BCUT2D eigenvalue weighted by atomic mass is 10.1. The molecule has 0 radical (unpaired) electrons. The van der Waals surface area contributed by atoms with E-state index in [1.165, 1.54) is 16.9 Å². The number of rotatable bonds is 9. The minimum atomic E-state index is -4.13. The van der Waals surface area contributed by atoms with Crippen LogP contribution >= 0.6 is 19.2 Å². The molecule has 1 aliphatic rings. The molecule has 15 heteroatoms. The topological polar surface area (TPSA) is 174 Å². The summed E-state index contributed by atoms with van der Waals surface area (Å²) in [6.07, 6.45) is -4.28. The van der Waals surface area contributed by atoms with Crippen LogP contribution in [0.2, 0.25) is 5.15 Å². The number of anilines is 1. The molecule has 4 rings (SSSR count). The second-order valence-corrected chi connectivity index (χ2v) is 10.1. The van der Waals surface area contributed by atoms with Gasteiger partial charge in [-0.2, -0.15) is 5.10 Å². The van der Waals surface area contributed by atoms with Crippen molar-refractivity contribution >= 4 is 35.9 Å². The van der Waals surface area contributed by atoms with E-state index in [1.807, 2.05) is 0 Å². The van der Waals surface area contributed by atoms with Crippen LogP contribution in [0.15, 0.2) is 36.5 Å². The number of benzene rings is 1. The lowest BCUT2D eigenvalue weighted by molar-refractivity contribution is -0.0661. The summed E-state index contributed by atoms with van der Waals surface area (Å²) in [5, 5.41) is 29.0. The summed E-state index contributed by atoms with van der Waals surface area (Å²) in [6, 6.07) is 7.52. The molecule has 0 saturated carbocycles. The molecule has 3 heterocycles. The summed E-state index contributed by atoms with van der Waals surface area (Å²) in [6.45, 7) is 1.46. The van der Waals surface area contributed by atoms with Crippen molar-refractivity contribution in [2.45, 2.75) is 37.5 Å². The average molecular weight is 532 g/mol. The van der Waals surface area contributed by atoms with Gasteiger partial charge in [-0.05, 0) is 19.1 Å². The van der Waals surface area contributed by atoms with Gasteiger partial charge in [0.05, 0.1) is 29.9 Å². The molecule has 2 aromatic heterocycles. The average Bonchev–Trinajstić information content (AvgIpc) is 3.35. The highest BCUT2D eigenvalue weighted by Crippen LogP contribution is 2.40. The molecule has 3 aromatic rings. The van der Waals surface area contributed by atoms with Gasteiger partial charge < -0.3 is 29.9 Å². The Morgan fingerprint density at radius 2 is 2.11 bits per heavy atom. The van der Waals surface area contributed by atoms with Crippen LogP contribution in [-0.4, -0.2) is 61.1 Å². The Labute approximate surface area is 203 Å². The number of ether oxygens (including phenoxy) is 2. The first-order valence-electron chi connectivity index (χ1n) is 10.5. The molecule has 0 amide bonds. The van der Waals surface area contributed by atoms with Crippen LogP contribution in [0.3, 0.4) is 0 Å². The number of aromatic nitrogens is 3. The zero-order valence-corrected chi connectivity index (χ0v) is 20.0. The summed E-state index contributed by atoms with van der Waals surface area (Å²) in [7, 11) is -4.13. The quantitative estimate of drug-likeness (QED) is 0.155. The fourth-order valence-electron chi connectivity index (χ4n) is 3.81. The molecule has 12 nitrogen and oxygen atoms in total. The maximum Gasteiger partial charge on any atom is 0.369 e. The predicted molar refractivity (Wildman–Crippen MR) is 123 cm³/mol. The summed E-state index contributed by atoms with van der Waals surface area (Å²) in [5.41, 5.74) is 1.22. The first kappa shape index (κ1) is 25.9. The Morgan fingerprint density at radius 3 is 2.83 bits per heavy atom. The number of fused-ring (bicyclic) bond motifs is 1. The van der Waals surface area contributed by atoms with Gasteiger partial charge in [0.15, 0.2) is 11.9 Å². The molecule has 1 saturated heterocycles. The lowest BCUT2D eigenvalue weighted by Gasteiger charge is -2.18. The number of pyridine rings is 1. The van der Waals surface area contributed by atoms with Gasteiger partial charge in [0, 0.05) is 5.56 Å². The van der Waals surface area contributed by atoms with Crippen LogP contribution < -0.4 is 11.2 Å². The first-order chi connectivity index (χ1) is 16.6. The standard InChI is InChI=1S/C20H24ClFN5O7P/c1-10(11-4-2-3-5-13(11)22)25-14-6-16(21)26-19-12(14)7-24-27(19)20-18(29)17(28)15(33-20)8-32-9-35(30,31)34-23/h2-7,10,15,17-18,20,28-29H,8-9,23H2,1H3,(H,25,26)(H,30,31)/t10-,15+,17+,18+,20?/m0/s1. The van der Waals surface area contributed by atoms with E-state index in [1.54, 1.807) is 31.2 Å². The predicted octanol–water partition coefficient (Wildman–Crippen LogP) is 2.07. The Kier molecular flexibility index (Phi) is 7.71. The molecule has 1 fully saturated rings. The zero-order valence-electron chi connectivity index (χ0n) is 18.4. The van der Waals surface area contributed by atoms with E-state index >= 15 is 0 Å². The number of aliphatic hydroxyl groups excluding tert-OH is 2. The lowest BCUT2D eigenvalue weighted by Crippen LogP contribution is -2.34. The first-order valence-corrected chi connectivity index (χ1v) is 12.6. The summed E-state index contributed by atoms with van der Waals surface area (Å²) < 4.78 is 41.6. The van der Waals surface area contributed by atoms with Gasteiger partial charge in [-0.15, -0.1) is 0 Å². The molecule has 2 unspecified atom stereocenters. The van der Waals surface area contributed by atoms with E-state index in [0.717, 1.165) is 0 Å². The molecule has 6 atom stereocenters. The van der Waals surface area contributed by atoms with Crippen molar-refractivity contribution in [3.63, 3.8) is 0 Å². The molecule has 0 aliphatic carbocycles. The maximum atomic E-state index is 14.2. The summed E-state index contributed by atoms with van der Waals surface area (Å²) in [5.74, 6) is 4.36. The summed E-state index contributed by atoms with van der Waals surface area (Å²) in [4.78, 5) is 13.6. The molecular formula is C20H24ClFN5O7P.